The summed E-state index contributed by atoms with van der Waals surface area (Å²) in [6.45, 7) is 0. The van der Waals surface area contributed by atoms with Crippen molar-refractivity contribution in [1.29, 1.82) is 0 Å². The van der Waals surface area contributed by atoms with Gasteiger partial charge in [-0.25, -0.2) is 4.99 Å². The van der Waals surface area contributed by atoms with Gasteiger partial charge in [0.25, 0.3) is 0 Å². The first-order chi connectivity index (χ1) is 5.38. The Kier molecular flexibility index (Phi) is 1.28. The highest BCUT2D eigenvalue weighted by atomic mass is 16.2. The SMILES string of the molecule is O=C1NC=NC2=NN=CCC12. The van der Waals surface area contributed by atoms with Gasteiger partial charge >= 0.3 is 0 Å². The van der Waals surface area contributed by atoms with E-state index in [0.29, 0.717) is 12.3 Å². The predicted molar refractivity (Wildman–Crippen MR) is 40.7 cm³/mol. The lowest BCUT2D eigenvalue weighted by Crippen LogP contribution is -2.39. The van der Waals surface area contributed by atoms with E-state index in [1.54, 1.807) is 6.21 Å². The van der Waals surface area contributed by atoms with Gasteiger partial charge in [0.15, 0.2) is 5.84 Å². The molecule has 1 atom stereocenters. The summed E-state index contributed by atoms with van der Waals surface area (Å²) in [4.78, 5) is 15.0. The number of carbonyl (C=O) groups excluding carboxylic acids is 1. The molecule has 2 aliphatic rings. The molecule has 0 spiro atoms. The lowest BCUT2D eigenvalue weighted by molar-refractivity contribution is -0.121. The first kappa shape index (κ1) is 6.21. The van der Waals surface area contributed by atoms with Gasteiger partial charge in [-0.05, 0) is 0 Å². The second-order valence-electron chi connectivity index (χ2n) is 2.31. The molecular formula is C6H6N4O. The van der Waals surface area contributed by atoms with Crippen LogP contribution < -0.4 is 5.32 Å². The second-order valence-corrected chi connectivity index (χ2v) is 2.31. The van der Waals surface area contributed by atoms with E-state index in [2.05, 4.69) is 20.5 Å². The van der Waals surface area contributed by atoms with Crippen LogP contribution in [-0.2, 0) is 4.79 Å². The Morgan fingerprint density at radius 2 is 2.55 bits per heavy atom. The van der Waals surface area contributed by atoms with Crippen LogP contribution >= 0.6 is 0 Å². The zero-order valence-corrected chi connectivity index (χ0v) is 5.69. The van der Waals surface area contributed by atoms with Gasteiger partial charge in [0, 0.05) is 12.6 Å². The molecule has 0 radical (unpaired) electrons. The van der Waals surface area contributed by atoms with Crippen LogP contribution in [0.5, 0.6) is 0 Å². The molecule has 5 nitrogen and oxygen atoms in total. The van der Waals surface area contributed by atoms with Crippen molar-refractivity contribution in [2.45, 2.75) is 6.42 Å². The van der Waals surface area contributed by atoms with Crippen molar-refractivity contribution in [3.8, 4) is 0 Å². The van der Waals surface area contributed by atoms with Crippen molar-refractivity contribution in [3.05, 3.63) is 0 Å². The molecule has 0 saturated heterocycles. The molecule has 0 aromatic heterocycles. The van der Waals surface area contributed by atoms with Crippen molar-refractivity contribution in [2.75, 3.05) is 0 Å². The third kappa shape index (κ3) is 0.938. The molecule has 56 valence electrons. The number of amidine groups is 1. The summed E-state index contributed by atoms with van der Waals surface area (Å²) in [6.07, 6.45) is 3.56. The number of fused-ring (bicyclic) bond motifs is 1. The first-order valence-electron chi connectivity index (χ1n) is 3.30. The number of carbonyl (C=O) groups is 1. The van der Waals surface area contributed by atoms with Crippen LogP contribution in [0.4, 0.5) is 0 Å². The van der Waals surface area contributed by atoms with Crippen LogP contribution in [0.1, 0.15) is 6.42 Å². The van der Waals surface area contributed by atoms with E-state index in [4.69, 9.17) is 0 Å². The standard InChI is InChI=1S/C6H6N4O/c11-6-4-1-2-9-10-5(4)7-3-8-6/h2-4H,1H2,(H,7,8,10,11). The fourth-order valence-electron chi connectivity index (χ4n) is 1.03. The predicted octanol–water partition coefficient (Wildman–Crippen LogP) is -0.451. The van der Waals surface area contributed by atoms with Crippen molar-refractivity contribution in [2.24, 2.45) is 21.1 Å². The average molecular weight is 150 g/mol. The average Bonchev–Trinajstić information content (AvgIpc) is 2.06. The minimum Gasteiger partial charge on any atom is -0.316 e. The summed E-state index contributed by atoms with van der Waals surface area (Å²) in [6, 6.07) is 0. The van der Waals surface area contributed by atoms with Crippen molar-refractivity contribution in [1.82, 2.24) is 5.32 Å². The van der Waals surface area contributed by atoms with Crippen molar-refractivity contribution in [3.63, 3.8) is 0 Å². The molecule has 11 heavy (non-hydrogen) atoms. The highest BCUT2D eigenvalue weighted by molar-refractivity contribution is 6.14. The van der Waals surface area contributed by atoms with Crippen molar-refractivity contribution >= 4 is 24.3 Å². The van der Waals surface area contributed by atoms with Gasteiger partial charge < -0.3 is 5.32 Å². The Balaban J connectivity index is 2.36. The maximum Gasteiger partial charge on any atom is 0.236 e. The number of nitrogens with one attached hydrogen (secondary N) is 1. The summed E-state index contributed by atoms with van der Waals surface area (Å²) in [5, 5.41) is 9.90. The number of hydrogen-bond donors (Lipinski definition) is 1. The van der Waals surface area contributed by atoms with Crippen LogP contribution in [-0.4, -0.2) is 24.3 Å². The fraction of sp³-hybridized carbons (Fsp3) is 0.333. The fourth-order valence-corrected chi connectivity index (χ4v) is 1.03. The van der Waals surface area contributed by atoms with Crippen LogP contribution in [0.25, 0.3) is 0 Å². The third-order valence-electron chi connectivity index (χ3n) is 1.61. The molecule has 0 saturated carbocycles. The van der Waals surface area contributed by atoms with Crippen LogP contribution in [0, 0.1) is 5.92 Å². The maximum absolute atomic E-state index is 11.1. The number of aliphatic imine (C=N–C) groups is 1. The molecule has 1 amide bonds. The van der Waals surface area contributed by atoms with Gasteiger partial charge in [0.1, 0.15) is 5.92 Å². The molecule has 1 N–H and O–H groups in total. The Bertz CT molecular complexity index is 278. The first-order valence-corrected chi connectivity index (χ1v) is 3.30. The summed E-state index contributed by atoms with van der Waals surface area (Å²) in [5.41, 5.74) is 0. The molecule has 0 aliphatic carbocycles. The third-order valence-corrected chi connectivity index (χ3v) is 1.61. The van der Waals surface area contributed by atoms with E-state index in [1.807, 2.05) is 0 Å². The Morgan fingerprint density at radius 3 is 3.36 bits per heavy atom. The topological polar surface area (TPSA) is 66.2 Å². The molecule has 2 heterocycles. The molecule has 0 aromatic rings. The van der Waals surface area contributed by atoms with Crippen LogP contribution in [0.15, 0.2) is 15.2 Å². The molecule has 0 aromatic carbocycles. The van der Waals surface area contributed by atoms with E-state index in [-0.39, 0.29) is 11.8 Å². The van der Waals surface area contributed by atoms with Gasteiger partial charge in [0.2, 0.25) is 5.91 Å². The number of amides is 1. The van der Waals surface area contributed by atoms with Gasteiger partial charge in [-0.3, -0.25) is 4.79 Å². The Hall–Kier alpha value is -1.52. The summed E-state index contributed by atoms with van der Waals surface area (Å²) in [7, 11) is 0. The maximum atomic E-state index is 11.1. The zero-order chi connectivity index (χ0) is 7.68. The molecule has 5 heteroatoms. The molecule has 2 aliphatic heterocycles. The summed E-state index contributed by atoms with van der Waals surface area (Å²) < 4.78 is 0. The monoisotopic (exact) mass is 150 g/mol. The highest BCUT2D eigenvalue weighted by Crippen LogP contribution is 2.12. The smallest absolute Gasteiger partial charge is 0.236 e. The summed E-state index contributed by atoms with van der Waals surface area (Å²) >= 11 is 0. The van der Waals surface area contributed by atoms with Crippen molar-refractivity contribution < 1.29 is 4.79 Å². The zero-order valence-electron chi connectivity index (χ0n) is 5.69. The lowest BCUT2D eigenvalue weighted by Gasteiger charge is -2.17. The normalized spacial score (nSPS) is 27.5. The molecule has 0 fully saturated rings. The molecule has 0 bridgehead atoms. The quantitative estimate of drug-likeness (QED) is 0.499. The highest BCUT2D eigenvalue weighted by Gasteiger charge is 2.27. The molecule has 1 unspecified atom stereocenters. The van der Waals surface area contributed by atoms with E-state index < -0.39 is 0 Å². The number of rotatable bonds is 0. The minimum atomic E-state index is -0.225. The largest absolute Gasteiger partial charge is 0.316 e. The van der Waals surface area contributed by atoms with Crippen LogP contribution in [0.3, 0.4) is 0 Å². The van der Waals surface area contributed by atoms with Gasteiger partial charge in [-0.15, -0.1) is 5.10 Å². The molecular weight excluding hydrogens is 144 g/mol. The minimum absolute atomic E-state index is 0.0510. The second kappa shape index (κ2) is 2.26. The Labute approximate surface area is 62.9 Å². The van der Waals surface area contributed by atoms with Gasteiger partial charge in [-0.2, -0.15) is 5.10 Å². The van der Waals surface area contributed by atoms with E-state index in [9.17, 15) is 4.79 Å². The Morgan fingerprint density at radius 1 is 1.64 bits per heavy atom. The van der Waals surface area contributed by atoms with Gasteiger partial charge in [0.05, 0.1) is 6.34 Å². The van der Waals surface area contributed by atoms with E-state index in [0.717, 1.165) is 0 Å². The number of hydrogen-bond acceptors (Lipinski definition) is 4. The van der Waals surface area contributed by atoms with E-state index in [1.165, 1.54) is 6.34 Å². The lowest BCUT2D eigenvalue weighted by atomic mass is 10.0. The molecule has 2 rings (SSSR count). The summed E-state index contributed by atoms with van der Waals surface area (Å²) in [5.74, 6) is 0.235. The van der Waals surface area contributed by atoms with Crippen LogP contribution in [0.2, 0.25) is 0 Å². The number of nitrogens with zero attached hydrogens (tertiary/aromatic N) is 3. The van der Waals surface area contributed by atoms with Gasteiger partial charge in [-0.1, -0.05) is 0 Å². The van der Waals surface area contributed by atoms with E-state index >= 15 is 0 Å².